The Kier molecular flexibility index (Phi) is 6.75. The third kappa shape index (κ3) is 6.22. The number of nitrogens with zero attached hydrogens (tertiary/aromatic N) is 1. The van der Waals surface area contributed by atoms with Crippen LogP contribution in [0.15, 0.2) is 54.6 Å². The minimum absolute atomic E-state index is 0.0881. The highest BCUT2D eigenvalue weighted by Gasteiger charge is 2.22. The molecule has 0 saturated carbocycles. The van der Waals surface area contributed by atoms with Gasteiger partial charge in [0.05, 0.1) is 6.04 Å². The highest BCUT2D eigenvalue weighted by molar-refractivity contribution is 5.98. The van der Waals surface area contributed by atoms with Crippen LogP contribution in [0.2, 0.25) is 0 Å². The van der Waals surface area contributed by atoms with Gasteiger partial charge < -0.3 is 15.5 Å². The fourth-order valence-electron chi connectivity index (χ4n) is 2.58. The van der Waals surface area contributed by atoms with Crippen molar-refractivity contribution in [2.24, 2.45) is 5.41 Å². The van der Waals surface area contributed by atoms with Gasteiger partial charge in [-0.15, -0.1) is 0 Å². The third-order valence-corrected chi connectivity index (χ3v) is 4.12. The molecular formula is C22H29N3O2. The molecule has 0 heterocycles. The zero-order valence-electron chi connectivity index (χ0n) is 16.7. The van der Waals surface area contributed by atoms with E-state index in [0.717, 1.165) is 5.56 Å². The molecule has 5 nitrogen and oxygen atoms in total. The van der Waals surface area contributed by atoms with Crippen LogP contribution in [-0.2, 0) is 4.79 Å². The van der Waals surface area contributed by atoms with Gasteiger partial charge in [0.1, 0.15) is 0 Å². The van der Waals surface area contributed by atoms with Crippen LogP contribution in [0.4, 0.5) is 5.69 Å². The second-order valence-corrected chi connectivity index (χ2v) is 7.98. The van der Waals surface area contributed by atoms with E-state index in [-0.39, 0.29) is 17.9 Å². The summed E-state index contributed by atoms with van der Waals surface area (Å²) in [6.45, 7) is 6.25. The number of carbonyl (C=O) groups is 2. The number of amides is 2. The van der Waals surface area contributed by atoms with Crippen molar-refractivity contribution < 1.29 is 9.59 Å². The van der Waals surface area contributed by atoms with Gasteiger partial charge in [0, 0.05) is 23.2 Å². The second kappa shape index (κ2) is 8.82. The number of rotatable bonds is 6. The van der Waals surface area contributed by atoms with Gasteiger partial charge in [-0.1, -0.05) is 57.2 Å². The summed E-state index contributed by atoms with van der Waals surface area (Å²) in [6, 6.07) is 16.8. The Morgan fingerprint density at radius 3 is 2.26 bits per heavy atom. The number of hydrogen-bond acceptors (Lipinski definition) is 3. The van der Waals surface area contributed by atoms with E-state index in [9.17, 15) is 9.59 Å². The lowest BCUT2D eigenvalue weighted by Crippen LogP contribution is -2.35. The van der Waals surface area contributed by atoms with Crippen LogP contribution in [0.25, 0.3) is 0 Å². The molecule has 2 rings (SSSR count). The molecule has 27 heavy (non-hydrogen) atoms. The zero-order valence-corrected chi connectivity index (χ0v) is 16.7. The van der Waals surface area contributed by atoms with Gasteiger partial charge in [0.25, 0.3) is 5.91 Å². The number of likely N-dealkylation sites (N-methyl/N-ethyl adjacent to an activating group) is 1. The van der Waals surface area contributed by atoms with Crippen LogP contribution >= 0.6 is 0 Å². The van der Waals surface area contributed by atoms with Crippen molar-refractivity contribution in [2.45, 2.75) is 26.8 Å². The normalized spacial score (nSPS) is 12.5. The summed E-state index contributed by atoms with van der Waals surface area (Å²) in [5.74, 6) is -0.257. The average molecular weight is 367 g/mol. The molecule has 0 aliphatic rings. The SMILES string of the molecule is CN(C)C[C@@H](NC(=O)c1cccc(NC(=O)C(C)(C)C)c1)c1ccccc1. The summed E-state index contributed by atoms with van der Waals surface area (Å²) in [5, 5.41) is 5.97. The molecular weight excluding hydrogens is 338 g/mol. The summed E-state index contributed by atoms with van der Waals surface area (Å²) in [5.41, 5.74) is 1.69. The molecule has 0 unspecified atom stereocenters. The molecule has 2 amide bonds. The summed E-state index contributed by atoms with van der Waals surface area (Å²) >= 11 is 0. The van der Waals surface area contributed by atoms with E-state index in [1.807, 2.05) is 70.1 Å². The number of benzene rings is 2. The van der Waals surface area contributed by atoms with E-state index in [2.05, 4.69) is 10.6 Å². The molecule has 0 aromatic heterocycles. The highest BCUT2D eigenvalue weighted by atomic mass is 16.2. The molecule has 0 aliphatic carbocycles. The van der Waals surface area contributed by atoms with Gasteiger partial charge in [0.15, 0.2) is 0 Å². The molecule has 1 atom stereocenters. The van der Waals surface area contributed by atoms with Crippen molar-refractivity contribution in [3.63, 3.8) is 0 Å². The van der Waals surface area contributed by atoms with Crippen molar-refractivity contribution in [3.05, 3.63) is 65.7 Å². The Balaban J connectivity index is 2.16. The molecule has 5 heteroatoms. The van der Waals surface area contributed by atoms with Crippen LogP contribution in [-0.4, -0.2) is 37.4 Å². The van der Waals surface area contributed by atoms with Crippen molar-refractivity contribution >= 4 is 17.5 Å². The van der Waals surface area contributed by atoms with Gasteiger partial charge >= 0.3 is 0 Å². The van der Waals surface area contributed by atoms with Gasteiger partial charge in [-0.3, -0.25) is 9.59 Å². The largest absolute Gasteiger partial charge is 0.344 e. The van der Waals surface area contributed by atoms with Crippen molar-refractivity contribution in [3.8, 4) is 0 Å². The summed E-state index contributed by atoms with van der Waals surface area (Å²) in [4.78, 5) is 27.0. The van der Waals surface area contributed by atoms with Crippen molar-refractivity contribution in [1.82, 2.24) is 10.2 Å². The quantitative estimate of drug-likeness (QED) is 0.818. The predicted molar refractivity (Wildman–Crippen MR) is 110 cm³/mol. The number of hydrogen-bond donors (Lipinski definition) is 2. The Hall–Kier alpha value is -2.66. The zero-order chi connectivity index (χ0) is 20.0. The van der Waals surface area contributed by atoms with Crippen LogP contribution in [0, 0.1) is 5.41 Å². The van der Waals surface area contributed by atoms with Gasteiger partial charge in [-0.2, -0.15) is 0 Å². The van der Waals surface area contributed by atoms with E-state index >= 15 is 0 Å². The minimum Gasteiger partial charge on any atom is -0.344 e. The Bertz CT molecular complexity index is 780. The lowest BCUT2D eigenvalue weighted by molar-refractivity contribution is -0.123. The third-order valence-electron chi connectivity index (χ3n) is 4.12. The monoisotopic (exact) mass is 367 g/mol. The fourth-order valence-corrected chi connectivity index (χ4v) is 2.58. The van der Waals surface area contributed by atoms with Crippen LogP contribution in [0.1, 0.15) is 42.7 Å². The Morgan fingerprint density at radius 1 is 1.00 bits per heavy atom. The molecule has 2 aromatic rings. The molecule has 0 radical (unpaired) electrons. The minimum atomic E-state index is -0.498. The number of nitrogens with one attached hydrogen (secondary N) is 2. The average Bonchev–Trinajstić information content (AvgIpc) is 2.61. The van der Waals surface area contributed by atoms with Crippen LogP contribution in [0.3, 0.4) is 0 Å². The maximum Gasteiger partial charge on any atom is 0.251 e. The summed E-state index contributed by atoms with van der Waals surface area (Å²) in [7, 11) is 3.95. The van der Waals surface area contributed by atoms with E-state index in [1.165, 1.54) is 0 Å². The maximum absolute atomic E-state index is 12.8. The lowest BCUT2D eigenvalue weighted by atomic mass is 9.95. The van der Waals surface area contributed by atoms with E-state index in [4.69, 9.17) is 0 Å². The molecule has 0 saturated heterocycles. The Morgan fingerprint density at radius 2 is 1.67 bits per heavy atom. The first-order valence-electron chi connectivity index (χ1n) is 9.09. The van der Waals surface area contributed by atoms with Gasteiger partial charge in [-0.05, 0) is 37.9 Å². The standard InChI is InChI=1S/C22H29N3O2/c1-22(2,3)21(27)23-18-13-9-12-17(14-18)20(26)24-19(15-25(4)5)16-10-7-6-8-11-16/h6-14,19H,15H2,1-5H3,(H,23,27)(H,24,26)/t19-/m1/s1. The van der Waals surface area contributed by atoms with Gasteiger partial charge in [0.2, 0.25) is 5.91 Å². The molecule has 2 N–H and O–H groups in total. The van der Waals surface area contributed by atoms with Crippen molar-refractivity contribution in [1.29, 1.82) is 0 Å². The second-order valence-electron chi connectivity index (χ2n) is 7.98. The maximum atomic E-state index is 12.8. The number of anilines is 1. The van der Waals surface area contributed by atoms with Crippen LogP contribution < -0.4 is 10.6 Å². The topological polar surface area (TPSA) is 61.4 Å². The fraction of sp³-hybridized carbons (Fsp3) is 0.364. The Labute approximate surface area is 161 Å². The molecule has 0 spiro atoms. The first-order valence-corrected chi connectivity index (χ1v) is 9.09. The summed E-state index contributed by atoms with van der Waals surface area (Å²) < 4.78 is 0. The molecule has 0 aliphatic heterocycles. The predicted octanol–water partition coefficient (Wildman–Crippen LogP) is 3.70. The van der Waals surface area contributed by atoms with E-state index in [1.54, 1.807) is 24.3 Å². The molecule has 144 valence electrons. The van der Waals surface area contributed by atoms with Gasteiger partial charge in [-0.25, -0.2) is 0 Å². The van der Waals surface area contributed by atoms with E-state index < -0.39 is 5.41 Å². The van der Waals surface area contributed by atoms with Crippen LogP contribution in [0.5, 0.6) is 0 Å². The first kappa shape index (κ1) is 20.6. The smallest absolute Gasteiger partial charge is 0.251 e. The highest BCUT2D eigenvalue weighted by Crippen LogP contribution is 2.19. The molecule has 0 fully saturated rings. The van der Waals surface area contributed by atoms with E-state index in [0.29, 0.717) is 17.8 Å². The molecule has 0 bridgehead atoms. The number of carbonyl (C=O) groups excluding carboxylic acids is 2. The lowest BCUT2D eigenvalue weighted by Gasteiger charge is -2.23. The van der Waals surface area contributed by atoms with Crippen molar-refractivity contribution in [2.75, 3.05) is 26.0 Å². The first-order chi connectivity index (χ1) is 12.7. The summed E-state index contributed by atoms with van der Waals surface area (Å²) in [6.07, 6.45) is 0. The molecule has 2 aromatic carbocycles.